The van der Waals surface area contributed by atoms with Gasteiger partial charge in [-0.15, -0.1) is 0 Å². The van der Waals surface area contributed by atoms with Crippen molar-refractivity contribution in [1.82, 2.24) is 10.2 Å². The van der Waals surface area contributed by atoms with E-state index in [4.69, 9.17) is 0 Å². The Kier molecular flexibility index (Phi) is 4.99. The van der Waals surface area contributed by atoms with Crippen LogP contribution in [0.2, 0.25) is 0 Å². The first-order valence-electron chi connectivity index (χ1n) is 7.27. The van der Waals surface area contributed by atoms with Crippen molar-refractivity contribution < 1.29 is 9.59 Å². The van der Waals surface area contributed by atoms with Crippen LogP contribution in [0, 0.1) is 17.3 Å². The van der Waals surface area contributed by atoms with E-state index in [-0.39, 0.29) is 35.7 Å². The zero-order valence-electron chi connectivity index (χ0n) is 13.1. The summed E-state index contributed by atoms with van der Waals surface area (Å²) in [6.07, 6.45) is 0.887. The molecule has 0 aromatic carbocycles. The van der Waals surface area contributed by atoms with Gasteiger partial charge in [-0.2, -0.15) is 0 Å². The molecular weight excluding hydrogens is 240 g/mol. The number of rotatable bonds is 5. The standard InChI is InChI=1S/C15H28N2O2/c1-7-11(4)13-14(19)17(8-12(18)16-13)9-15(5,6)10(2)3/h10-11,13H,7-9H2,1-6H3,(H,16,18). The molecule has 0 bridgehead atoms. The van der Waals surface area contributed by atoms with E-state index in [1.807, 2.05) is 13.8 Å². The number of hydrogen-bond donors (Lipinski definition) is 1. The van der Waals surface area contributed by atoms with E-state index >= 15 is 0 Å². The van der Waals surface area contributed by atoms with Gasteiger partial charge in [0.15, 0.2) is 0 Å². The Bertz CT molecular complexity index is 350. The molecule has 1 heterocycles. The zero-order chi connectivity index (χ0) is 14.8. The van der Waals surface area contributed by atoms with Crippen molar-refractivity contribution in [2.45, 2.75) is 54.0 Å². The molecule has 4 nitrogen and oxygen atoms in total. The summed E-state index contributed by atoms with van der Waals surface area (Å²) < 4.78 is 0. The molecule has 1 rings (SSSR count). The summed E-state index contributed by atoms with van der Waals surface area (Å²) >= 11 is 0. The maximum absolute atomic E-state index is 12.5. The summed E-state index contributed by atoms with van der Waals surface area (Å²) in [6, 6.07) is -0.353. The lowest BCUT2D eigenvalue weighted by Gasteiger charge is -2.40. The van der Waals surface area contributed by atoms with E-state index in [9.17, 15) is 9.59 Å². The summed E-state index contributed by atoms with van der Waals surface area (Å²) in [5, 5.41) is 2.83. The predicted octanol–water partition coefficient (Wildman–Crippen LogP) is 2.04. The molecule has 0 spiro atoms. The van der Waals surface area contributed by atoms with Crippen molar-refractivity contribution in [3.8, 4) is 0 Å². The topological polar surface area (TPSA) is 49.4 Å². The van der Waals surface area contributed by atoms with Crippen LogP contribution in [0.1, 0.15) is 48.0 Å². The third-order valence-corrected chi connectivity index (χ3v) is 4.60. The summed E-state index contributed by atoms with van der Waals surface area (Å²) in [4.78, 5) is 26.0. The van der Waals surface area contributed by atoms with Crippen molar-refractivity contribution >= 4 is 11.8 Å². The third kappa shape index (κ3) is 3.71. The lowest BCUT2D eigenvalue weighted by Crippen LogP contribution is -2.61. The van der Waals surface area contributed by atoms with Gasteiger partial charge in [0, 0.05) is 6.54 Å². The highest BCUT2D eigenvalue weighted by Crippen LogP contribution is 2.28. The largest absolute Gasteiger partial charge is 0.342 e. The Labute approximate surface area is 116 Å². The highest BCUT2D eigenvalue weighted by Gasteiger charge is 2.38. The van der Waals surface area contributed by atoms with Gasteiger partial charge in [-0.05, 0) is 17.3 Å². The van der Waals surface area contributed by atoms with E-state index in [2.05, 4.69) is 33.0 Å². The van der Waals surface area contributed by atoms with E-state index in [1.165, 1.54) is 0 Å². The minimum atomic E-state index is -0.353. The van der Waals surface area contributed by atoms with Crippen LogP contribution in [0.25, 0.3) is 0 Å². The van der Waals surface area contributed by atoms with Crippen LogP contribution in [0.4, 0.5) is 0 Å². The Hall–Kier alpha value is -1.06. The van der Waals surface area contributed by atoms with E-state index in [0.29, 0.717) is 12.5 Å². The quantitative estimate of drug-likeness (QED) is 0.829. The van der Waals surface area contributed by atoms with Crippen LogP contribution < -0.4 is 5.32 Å². The summed E-state index contributed by atoms with van der Waals surface area (Å²) in [5.74, 6) is 0.681. The van der Waals surface area contributed by atoms with Crippen molar-refractivity contribution in [1.29, 1.82) is 0 Å². The average Bonchev–Trinajstić information content (AvgIpc) is 2.31. The molecular formula is C15H28N2O2. The normalized spacial score (nSPS) is 22.7. The van der Waals surface area contributed by atoms with Crippen LogP contribution in [0.15, 0.2) is 0 Å². The first kappa shape index (κ1) is 16.0. The Morgan fingerprint density at radius 1 is 1.32 bits per heavy atom. The second-order valence-electron chi connectivity index (χ2n) is 6.77. The molecule has 0 aromatic rings. The Morgan fingerprint density at radius 3 is 2.37 bits per heavy atom. The van der Waals surface area contributed by atoms with Gasteiger partial charge in [0.2, 0.25) is 11.8 Å². The van der Waals surface area contributed by atoms with Gasteiger partial charge in [-0.1, -0.05) is 48.0 Å². The molecule has 2 unspecified atom stereocenters. The minimum absolute atomic E-state index is 0.0211. The molecule has 1 fully saturated rings. The number of piperazine rings is 1. The molecule has 1 aliphatic heterocycles. The SMILES string of the molecule is CCC(C)C1NC(=O)CN(CC(C)(C)C(C)C)C1=O. The smallest absolute Gasteiger partial charge is 0.245 e. The summed E-state index contributed by atoms with van der Waals surface area (Å²) in [7, 11) is 0. The summed E-state index contributed by atoms with van der Waals surface area (Å²) in [6.45, 7) is 13.5. The summed E-state index contributed by atoms with van der Waals surface area (Å²) in [5.41, 5.74) is 0.0211. The molecule has 0 radical (unpaired) electrons. The van der Waals surface area contributed by atoms with Crippen LogP contribution in [0.3, 0.4) is 0 Å². The fourth-order valence-corrected chi connectivity index (χ4v) is 2.16. The van der Waals surface area contributed by atoms with E-state index < -0.39 is 0 Å². The van der Waals surface area contributed by atoms with Gasteiger partial charge >= 0.3 is 0 Å². The fraction of sp³-hybridized carbons (Fsp3) is 0.867. The number of amides is 2. The second kappa shape index (κ2) is 5.93. The molecule has 110 valence electrons. The van der Waals surface area contributed by atoms with E-state index in [0.717, 1.165) is 6.42 Å². The third-order valence-electron chi connectivity index (χ3n) is 4.60. The van der Waals surface area contributed by atoms with Crippen LogP contribution in [0.5, 0.6) is 0 Å². The maximum atomic E-state index is 12.5. The zero-order valence-corrected chi connectivity index (χ0v) is 13.1. The first-order valence-corrected chi connectivity index (χ1v) is 7.27. The Balaban J connectivity index is 2.83. The predicted molar refractivity (Wildman–Crippen MR) is 76.6 cm³/mol. The monoisotopic (exact) mass is 268 g/mol. The molecule has 1 saturated heterocycles. The first-order chi connectivity index (χ1) is 8.69. The number of nitrogens with one attached hydrogen (secondary N) is 1. The fourth-order valence-electron chi connectivity index (χ4n) is 2.16. The number of nitrogens with zero attached hydrogens (tertiary/aromatic N) is 1. The second-order valence-corrected chi connectivity index (χ2v) is 6.77. The van der Waals surface area contributed by atoms with Gasteiger partial charge < -0.3 is 10.2 Å². The highest BCUT2D eigenvalue weighted by atomic mass is 16.2. The highest BCUT2D eigenvalue weighted by molar-refractivity contribution is 5.95. The van der Waals surface area contributed by atoms with E-state index in [1.54, 1.807) is 4.90 Å². The molecule has 1 N–H and O–H groups in total. The van der Waals surface area contributed by atoms with Gasteiger partial charge in [0.25, 0.3) is 0 Å². The lowest BCUT2D eigenvalue weighted by molar-refractivity contribution is -0.147. The minimum Gasteiger partial charge on any atom is -0.342 e. The van der Waals surface area contributed by atoms with Gasteiger partial charge in [-0.3, -0.25) is 9.59 Å². The van der Waals surface area contributed by atoms with Gasteiger partial charge in [0.05, 0.1) is 6.54 Å². The lowest BCUT2D eigenvalue weighted by atomic mass is 9.80. The van der Waals surface area contributed by atoms with Crippen LogP contribution >= 0.6 is 0 Å². The molecule has 0 saturated carbocycles. The molecule has 0 aromatic heterocycles. The maximum Gasteiger partial charge on any atom is 0.245 e. The number of hydrogen-bond acceptors (Lipinski definition) is 2. The number of carbonyl (C=O) groups excluding carboxylic acids is 2. The Morgan fingerprint density at radius 2 is 1.89 bits per heavy atom. The molecule has 2 amide bonds. The molecule has 1 aliphatic rings. The molecule has 2 atom stereocenters. The van der Waals surface area contributed by atoms with Crippen molar-refractivity contribution in [3.05, 3.63) is 0 Å². The van der Waals surface area contributed by atoms with Gasteiger partial charge in [0.1, 0.15) is 6.04 Å². The van der Waals surface area contributed by atoms with Crippen LogP contribution in [-0.4, -0.2) is 35.8 Å². The molecule has 0 aliphatic carbocycles. The molecule has 4 heteroatoms. The molecule has 19 heavy (non-hydrogen) atoms. The van der Waals surface area contributed by atoms with Gasteiger partial charge in [-0.25, -0.2) is 0 Å². The average molecular weight is 268 g/mol. The van der Waals surface area contributed by atoms with Crippen LogP contribution in [-0.2, 0) is 9.59 Å². The van der Waals surface area contributed by atoms with Crippen molar-refractivity contribution in [2.24, 2.45) is 17.3 Å². The van der Waals surface area contributed by atoms with Crippen molar-refractivity contribution in [3.63, 3.8) is 0 Å². The number of carbonyl (C=O) groups is 2. The van der Waals surface area contributed by atoms with Crippen molar-refractivity contribution in [2.75, 3.05) is 13.1 Å².